The lowest BCUT2D eigenvalue weighted by atomic mass is 9.77. The number of hydrogen-bond donors (Lipinski definition) is 0. The Morgan fingerprint density at radius 3 is 2.52 bits per heavy atom. The van der Waals surface area contributed by atoms with Crippen molar-refractivity contribution >= 4 is 17.5 Å². The standard InChI is InChI=1S/C20H22N4O3/c1-27-17-14-22-9-4-16(17)18(25)23-10-5-20(6-11-23)7-12-24(19(20)26)15-3-2-8-21-13-15/h2-4,8-9,13-14H,5-7,10-12H2,1H3. The zero-order valence-corrected chi connectivity index (χ0v) is 15.3. The molecule has 0 unspecified atom stereocenters. The molecule has 1 spiro atoms. The molecule has 2 aliphatic heterocycles. The number of ether oxygens (including phenoxy) is 1. The second-order valence-electron chi connectivity index (χ2n) is 7.07. The average molecular weight is 366 g/mol. The van der Waals surface area contributed by atoms with Crippen molar-refractivity contribution in [3.63, 3.8) is 0 Å². The van der Waals surface area contributed by atoms with Crippen LogP contribution >= 0.6 is 0 Å². The number of rotatable bonds is 3. The zero-order chi connectivity index (χ0) is 18.9. The summed E-state index contributed by atoms with van der Waals surface area (Å²) in [5.41, 5.74) is 0.993. The Morgan fingerprint density at radius 2 is 1.81 bits per heavy atom. The molecule has 7 nitrogen and oxygen atoms in total. The van der Waals surface area contributed by atoms with Gasteiger partial charge in [-0.3, -0.25) is 19.6 Å². The van der Waals surface area contributed by atoms with Crippen molar-refractivity contribution in [3.05, 3.63) is 48.5 Å². The number of piperidine rings is 1. The highest BCUT2D eigenvalue weighted by molar-refractivity contribution is 6.00. The normalized spacial score (nSPS) is 18.8. The molecule has 0 aromatic carbocycles. The number of aromatic nitrogens is 2. The molecule has 0 aliphatic carbocycles. The largest absolute Gasteiger partial charge is 0.494 e. The number of carbonyl (C=O) groups excluding carboxylic acids is 2. The molecule has 2 aliphatic rings. The first-order chi connectivity index (χ1) is 13.1. The maximum absolute atomic E-state index is 13.1. The van der Waals surface area contributed by atoms with Crippen LogP contribution in [0.3, 0.4) is 0 Å². The third-order valence-corrected chi connectivity index (χ3v) is 5.71. The van der Waals surface area contributed by atoms with Crippen LogP contribution in [0.25, 0.3) is 0 Å². The number of anilines is 1. The molecule has 140 valence electrons. The van der Waals surface area contributed by atoms with Gasteiger partial charge in [0.1, 0.15) is 5.75 Å². The van der Waals surface area contributed by atoms with Gasteiger partial charge >= 0.3 is 0 Å². The topological polar surface area (TPSA) is 75.6 Å². The Labute approximate surface area is 158 Å². The summed E-state index contributed by atoms with van der Waals surface area (Å²) in [5.74, 6) is 0.560. The summed E-state index contributed by atoms with van der Waals surface area (Å²) in [5, 5.41) is 0. The maximum atomic E-state index is 13.1. The molecular weight excluding hydrogens is 344 g/mol. The Hall–Kier alpha value is -2.96. The molecule has 0 radical (unpaired) electrons. The van der Waals surface area contributed by atoms with Gasteiger partial charge in [-0.1, -0.05) is 0 Å². The van der Waals surface area contributed by atoms with Crippen LogP contribution in [-0.2, 0) is 4.79 Å². The van der Waals surface area contributed by atoms with E-state index in [4.69, 9.17) is 4.74 Å². The van der Waals surface area contributed by atoms with Gasteiger partial charge in [0, 0.05) is 32.0 Å². The number of amides is 2. The van der Waals surface area contributed by atoms with E-state index in [9.17, 15) is 9.59 Å². The maximum Gasteiger partial charge on any atom is 0.257 e. The highest BCUT2D eigenvalue weighted by Crippen LogP contribution is 2.43. The minimum Gasteiger partial charge on any atom is -0.494 e. The van der Waals surface area contributed by atoms with Crippen molar-refractivity contribution in [1.29, 1.82) is 0 Å². The molecule has 4 rings (SSSR count). The average Bonchev–Trinajstić information content (AvgIpc) is 3.04. The summed E-state index contributed by atoms with van der Waals surface area (Å²) in [6, 6.07) is 5.44. The number of likely N-dealkylation sites (tertiary alicyclic amines) is 1. The smallest absolute Gasteiger partial charge is 0.257 e. The molecular formula is C20H22N4O3. The highest BCUT2D eigenvalue weighted by Gasteiger charge is 2.49. The van der Waals surface area contributed by atoms with Crippen molar-refractivity contribution in [3.8, 4) is 5.75 Å². The molecule has 2 amide bonds. The van der Waals surface area contributed by atoms with Crippen LogP contribution in [0.15, 0.2) is 43.0 Å². The lowest BCUT2D eigenvalue weighted by Gasteiger charge is -2.38. The molecule has 0 atom stereocenters. The summed E-state index contributed by atoms with van der Waals surface area (Å²) in [6.45, 7) is 1.84. The van der Waals surface area contributed by atoms with Crippen molar-refractivity contribution in [1.82, 2.24) is 14.9 Å². The minimum atomic E-state index is -0.366. The molecule has 2 aromatic rings. The first-order valence-electron chi connectivity index (χ1n) is 9.14. The van der Waals surface area contributed by atoms with Crippen LogP contribution in [0.2, 0.25) is 0 Å². The fourth-order valence-corrected chi connectivity index (χ4v) is 4.07. The summed E-state index contributed by atoms with van der Waals surface area (Å²) >= 11 is 0. The fraction of sp³-hybridized carbons (Fsp3) is 0.400. The summed E-state index contributed by atoms with van der Waals surface area (Å²) < 4.78 is 5.25. The van der Waals surface area contributed by atoms with E-state index in [0.717, 1.165) is 12.1 Å². The van der Waals surface area contributed by atoms with E-state index >= 15 is 0 Å². The van der Waals surface area contributed by atoms with Crippen LogP contribution < -0.4 is 9.64 Å². The molecule has 0 N–H and O–H groups in total. The van der Waals surface area contributed by atoms with E-state index in [1.807, 2.05) is 21.9 Å². The summed E-state index contributed by atoms with van der Waals surface area (Å²) in [4.78, 5) is 37.7. The number of pyridine rings is 2. The van der Waals surface area contributed by atoms with E-state index in [2.05, 4.69) is 9.97 Å². The van der Waals surface area contributed by atoms with E-state index in [1.165, 1.54) is 7.11 Å². The molecule has 0 saturated carbocycles. The van der Waals surface area contributed by atoms with Gasteiger partial charge < -0.3 is 14.5 Å². The first-order valence-corrected chi connectivity index (χ1v) is 9.14. The van der Waals surface area contributed by atoms with Gasteiger partial charge in [-0.05, 0) is 37.5 Å². The first kappa shape index (κ1) is 17.5. The zero-order valence-electron chi connectivity index (χ0n) is 15.3. The third kappa shape index (κ3) is 3.03. The van der Waals surface area contributed by atoms with Crippen LogP contribution in [0.5, 0.6) is 5.75 Å². The van der Waals surface area contributed by atoms with Crippen molar-refractivity contribution in [2.24, 2.45) is 5.41 Å². The van der Waals surface area contributed by atoms with Crippen LogP contribution in [-0.4, -0.2) is 53.4 Å². The van der Waals surface area contributed by atoms with Gasteiger partial charge in [-0.15, -0.1) is 0 Å². The quantitative estimate of drug-likeness (QED) is 0.832. The Balaban J connectivity index is 1.46. The number of carbonyl (C=O) groups is 2. The van der Waals surface area contributed by atoms with E-state index in [-0.39, 0.29) is 17.2 Å². The Kier molecular flexibility index (Phi) is 4.51. The van der Waals surface area contributed by atoms with Gasteiger partial charge in [0.25, 0.3) is 5.91 Å². The van der Waals surface area contributed by atoms with Gasteiger partial charge in [-0.2, -0.15) is 0 Å². The number of methoxy groups -OCH3 is 1. The van der Waals surface area contributed by atoms with Crippen molar-refractivity contribution in [2.75, 3.05) is 31.6 Å². The van der Waals surface area contributed by atoms with E-state index < -0.39 is 0 Å². The molecule has 7 heteroatoms. The Bertz CT molecular complexity index is 847. The van der Waals surface area contributed by atoms with E-state index in [0.29, 0.717) is 43.8 Å². The fourth-order valence-electron chi connectivity index (χ4n) is 4.07. The molecule has 27 heavy (non-hydrogen) atoms. The van der Waals surface area contributed by atoms with Gasteiger partial charge in [0.15, 0.2) is 0 Å². The molecule has 2 aromatic heterocycles. The van der Waals surface area contributed by atoms with Crippen molar-refractivity contribution < 1.29 is 14.3 Å². The molecule has 2 fully saturated rings. The monoisotopic (exact) mass is 366 g/mol. The van der Waals surface area contributed by atoms with Gasteiger partial charge in [-0.25, -0.2) is 0 Å². The highest BCUT2D eigenvalue weighted by atomic mass is 16.5. The predicted octanol–water partition coefficient (Wildman–Crippen LogP) is 2.14. The molecule has 2 saturated heterocycles. The van der Waals surface area contributed by atoms with Crippen LogP contribution in [0.4, 0.5) is 5.69 Å². The lowest BCUT2D eigenvalue weighted by Crippen LogP contribution is -2.46. The predicted molar refractivity (Wildman–Crippen MR) is 99.6 cm³/mol. The lowest BCUT2D eigenvalue weighted by molar-refractivity contribution is -0.127. The second kappa shape index (κ2) is 6.98. The minimum absolute atomic E-state index is 0.0707. The summed E-state index contributed by atoms with van der Waals surface area (Å²) in [6.07, 6.45) is 8.76. The Morgan fingerprint density at radius 1 is 1.07 bits per heavy atom. The molecule has 0 bridgehead atoms. The van der Waals surface area contributed by atoms with Crippen LogP contribution in [0.1, 0.15) is 29.6 Å². The SMILES string of the molecule is COc1cnccc1C(=O)N1CCC2(CC1)CCN(c1cccnc1)C2=O. The van der Waals surface area contributed by atoms with Gasteiger partial charge in [0.05, 0.1) is 36.2 Å². The van der Waals surface area contributed by atoms with E-state index in [1.54, 1.807) is 30.9 Å². The van der Waals surface area contributed by atoms with Gasteiger partial charge in [0.2, 0.25) is 5.91 Å². The molecule has 4 heterocycles. The number of hydrogen-bond acceptors (Lipinski definition) is 5. The summed E-state index contributed by atoms with van der Waals surface area (Å²) in [7, 11) is 1.53. The second-order valence-corrected chi connectivity index (χ2v) is 7.07. The third-order valence-electron chi connectivity index (χ3n) is 5.71. The van der Waals surface area contributed by atoms with Crippen LogP contribution in [0, 0.1) is 5.41 Å². The number of nitrogens with zero attached hydrogens (tertiary/aromatic N) is 4. The van der Waals surface area contributed by atoms with Crippen molar-refractivity contribution in [2.45, 2.75) is 19.3 Å².